The fourth-order valence-corrected chi connectivity index (χ4v) is 3.62. The van der Waals surface area contributed by atoms with E-state index in [4.69, 9.17) is 32.7 Å². The molecule has 0 aliphatic carbocycles. The smallest absolute Gasteiger partial charge is 0.161 e. The Bertz CT molecular complexity index is 947. The highest BCUT2D eigenvalue weighted by atomic mass is 35.5. The molecule has 0 amide bonds. The van der Waals surface area contributed by atoms with Crippen molar-refractivity contribution in [3.8, 4) is 11.5 Å². The first-order valence-corrected chi connectivity index (χ1v) is 10.8. The third kappa shape index (κ3) is 6.66. The Morgan fingerprint density at radius 1 is 0.900 bits per heavy atom. The number of hydrogen-bond donors (Lipinski definition) is 1. The van der Waals surface area contributed by atoms with Gasteiger partial charge in [-0.25, -0.2) is 0 Å². The summed E-state index contributed by atoms with van der Waals surface area (Å²) in [6, 6.07) is 22.4. The monoisotopic (exact) mass is 443 g/mol. The van der Waals surface area contributed by atoms with Crippen molar-refractivity contribution >= 4 is 23.2 Å². The van der Waals surface area contributed by atoms with Crippen LogP contribution >= 0.6 is 23.2 Å². The van der Waals surface area contributed by atoms with Crippen LogP contribution in [0.4, 0.5) is 0 Å². The molecule has 3 aromatic rings. The predicted molar refractivity (Wildman–Crippen MR) is 125 cm³/mol. The fraction of sp³-hybridized carbons (Fsp3) is 0.280. The van der Waals surface area contributed by atoms with E-state index in [0.717, 1.165) is 30.5 Å². The molecule has 5 heteroatoms. The molecular weight excluding hydrogens is 417 g/mol. The summed E-state index contributed by atoms with van der Waals surface area (Å²) in [6.07, 6.45) is 2.16. The van der Waals surface area contributed by atoms with Crippen molar-refractivity contribution in [2.45, 2.75) is 39.0 Å². The summed E-state index contributed by atoms with van der Waals surface area (Å²) in [4.78, 5) is 0. The largest absolute Gasteiger partial charge is 0.493 e. The highest BCUT2D eigenvalue weighted by Crippen LogP contribution is 2.30. The van der Waals surface area contributed by atoms with E-state index in [1.807, 2.05) is 18.2 Å². The van der Waals surface area contributed by atoms with Crippen LogP contribution in [0.3, 0.4) is 0 Å². The molecule has 0 unspecified atom stereocenters. The van der Waals surface area contributed by atoms with E-state index in [2.05, 4.69) is 48.6 Å². The number of rotatable bonds is 10. The second kappa shape index (κ2) is 11.3. The van der Waals surface area contributed by atoms with Crippen LogP contribution in [-0.4, -0.2) is 13.2 Å². The maximum atomic E-state index is 6.23. The van der Waals surface area contributed by atoms with Gasteiger partial charge in [0.25, 0.3) is 0 Å². The van der Waals surface area contributed by atoms with Crippen molar-refractivity contribution < 1.29 is 9.47 Å². The Hall–Kier alpha value is -2.20. The predicted octanol–water partition coefficient (Wildman–Crippen LogP) is 6.69. The van der Waals surface area contributed by atoms with Crippen molar-refractivity contribution in [1.82, 2.24) is 5.32 Å². The average molecular weight is 444 g/mol. The maximum absolute atomic E-state index is 6.23. The second-order valence-corrected chi connectivity index (χ2v) is 8.16. The zero-order chi connectivity index (χ0) is 21.3. The van der Waals surface area contributed by atoms with E-state index in [9.17, 15) is 0 Å². The van der Waals surface area contributed by atoms with E-state index in [1.165, 1.54) is 5.56 Å². The van der Waals surface area contributed by atoms with E-state index in [1.54, 1.807) is 19.2 Å². The Labute approximate surface area is 188 Å². The SMILES string of the molecule is COc1cc(CN[C@H](C)CCc2ccccc2)ccc1OCc1ccc(Cl)cc1Cl. The summed E-state index contributed by atoms with van der Waals surface area (Å²) < 4.78 is 11.5. The number of methoxy groups -OCH3 is 1. The number of aryl methyl sites for hydroxylation is 1. The Kier molecular flexibility index (Phi) is 8.44. The molecule has 0 radical (unpaired) electrons. The molecule has 1 N–H and O–H groups in total. The summed E-state index contributed by atoms with van der Waals surface area (Å²) in [5.74, 6) is 1.39. The molecule has 158 valence electrons. The van der Waals surface area contributed by atoms with Crippen LogP contribution in [-0.2, 0) is 19.6 Å². The molecule has 0 fully saturated rings. The average Bonchev–Trinajstić information content (AvgIpc) is 2.76. The highest BCUT2D eigenvalue weighted by molar-refractivity contribution is 6.35. The van der Waals surface area contributed by atoms with Gasteiger partial charge >= 0.3 is 0 Å². The van der Waals surface area contributed by atoms with Gasteiger partial charge in [-0.1, -0.05) is 65.7 Å². The number of benzene rings is 3. The zero-order valence-electron chi connectivity index (χ0n) is 17.3. The van der Waals surface area contributed by atoms with Gasteiger partial charge in [0, 0.05) is 28.2 Å². The van der Waals surface area contributed by atoms with Crippen molar-refractivity contribution in [2.75, 3.05) is 7.11 Å². The van der Waals surface area contributed by atoms with Gasteiger partial charge in [0.2, 0.25) is 0 Å². The third-order valence-electron chi connectivity index (χ3n) is 4.99. The van der Waals surface area contributed by atoms with Gasteiger partial charge in [0.05, 0.1) is 7.11 Å². The molecule has 0 spiro atoms. The molecule has 0 aliphatic rings. The minimum Gasteiger partial charge on any atom is -0.493 e. The normalized spacial score (nSPS) is 11.9. The Morgan fingerprint density at radius 3 is 2.43 bits per heavy atom. The molecule has 0 aliphatic heterocycles. The van der Waals surface area contributed by atoms with E-state index < -0.39 is 0 Å². The Balaban J connectivity index is 1.53. The standard InChI is InChI=1S/C25H27Cl2NO2/c1-18(8-9-19-6-4-3-5-7-19)28-16-20-10-13-24(25(14-20)29-2)30-17-21-11-12-22(26)15-23(21)27/h3-7,10-15,18,28H,8-9,16-17H2,1-2H3/t18-/m1/s1. The van der Waals surface area contributed by atoms with Gasteiger partial charge in [-0.15, -0.1) is 0 Å². The van der Waals surface area contributed by atoms with Crippen molar-refractivity contribution in [2.24, 2.45) is 0 Å². The van der Waals surface area contributed by atoms with E-state index >= 15 is 0 Å². The number of halogens is 2. The first kappa shape index (κ1) is 22.5. The first-order valence-electron chi connectivity index (χ1n) is 10.1. The molecule has 3 aromatic carbocycles. The topological polar surface area (TPSA) is 30.5 Å². The van der Waals surface area contributed by atoms with Crippen molar-refractivity contribution in [3.05, 3.63) is 93.5 Å². The fourth-order valence-electron chi connectivity index (χ4n) is 3.16. The van der Waals surface area contributed by atoms with Crippen LogP contribution in [0.2, 0.25) is 10.0 Å². The molecule has 0 aromatic heterocycles. The number of hydrogen-bond acceptors (Lipinski definition) is 3. The molecule has 0 heterocycles. The summed E-state index contributed by atoms with van der Waals surface area (Å²) >= 11 is 12.2. The van der Waals surface area contributed by atoms with Crippen LogP contribution in [0.25, 0.3) is 0 Å². The van der Waals surface area contributed by atoms with E-state index in [0.29, 0.717) is 34.2 Å². The summed E-state index contributed by atoms with van der Waals surface area (Å²) in [5.41, 5.74) is 3.39. The van der Waals surface area contributed by atoms with Crippen LogP contribution < -0.4 is 14.8 Å². The number of nitrogens with one attached hydrogen (secondary N) is 1. The molecule has 3 nitrogen and oxygen atoms in total. The van der Waals surface area contributed by atoms with E-state index in [-0.39, 0.29) is 0 Å². The van der Waals surface area contributed by atoms with Gasteiger partial charge < -0.3 is 14.8 Å². The number of ether oxygens (including phenoxy) is 2. The molecule has 0 bridgehead atoms. The van der Waals surface area contributed by atoms with Gasteiger partial charge in [-0.3, -0.25) is 0 Å². The van der Waals surface area contributed by atoms with Gasteiger partial charge in [0.1, 0.15) is 6.61 Å². The Morgan fingerprint density at radius 2 is 1.70 bits per heavy atom. The van der Waals surface area contributed by atoms with Gasteiger partial charge in [0.15, 0.2) is 11.5 Å². The van der Waals surface area contributed by atoms with Gasteiger partial charge in [-0.05, 0) is 55.2 Å². The molecule has 0 saturated carbocycles. The lowest BCUT2D eigenvalue weighted by atomic mass is 10.1. The van der Waals surface area contributed by atoms with Crippen LogP contribution in [0.1, 0.15) is 30.0 Å². The summed E-state index contributed by atoms with van der Waals surface area (Å²) in [7, 11) is 1.65. The minimum absolute atomic E-state index is 0.348. The summed E-state index contributed by atoms with van der Waals surface area (Å²) in [5, 5.41) is 4.78. The maximum Gasteiger partial charge on any atom is 0.161 e. The van der Waals surface area contributed by atoms with Crippen LogP contribution in [0.5, 0.6) is 11.5 Å². The van der Waals surface area contributed by atoms with Crippen molar-refractivity contribution in [1.29, 1.82) is 0 Å². The molecule has 3 rings (SSSR count). The molecule has 1 atom stereocenters. The minimum atomic E-state index is 0.348. The van der Waals surface area contributed by atoms with Crippen molar-refractivity contribution in [3.63, 3.8) is 0 Å². The lowest BCUT2D eigenvalue weighted by Gasteiger charge is -2.16. The van der Waals surface area contributed by atoms with Gasteiger partial charge in [-0.2, -0.15) is 0 Å². The summed E-state index contributed by atoms with van der Waals surface area (Å²) in [6.45, 7) is 3.34. The first-order chi connectivity index (χ1) is 14.5. The zero-order valence-corrected chi connectivity index (χ0v) is 18.8. The third-order valence-corrected chi connectivity index (χ3v) is 5.58. The van der Waals surface area contributed by atoms with Crippen LogP contribution in [0, 0.1) is 0 Å². The second-order valence-electron chi connectivity index (χ2n) is 7.32. The molecule has 30 heavy (non-hydrogen) atoms. The molecule has 0 saturated heterocycles. The highest BCUT2D eigenvalue weighted by Gasteiger charge is 2.09. The lowest BCUT2D eigenvalue weighted by molar-refractivity contribution is 0.284. The quantitative estimate of drug-likeness (QED) is 0.378. The lowest BCUT2D eigenvalue weighted by Crippen LogP contribution is -2.26. The van der Waals surface area contributed by atoms with Crippen LogP contribution in [0.15, 0.2) is 66.7 Å². The molecular formula is C25H27Cl2NO2.